The highest BCUT2D eigenvalue weighted by Gasteiger charge is 2.18. The van der Waals surface area contributed by atoms with Crippen molar-refractivity contribution in [2.45, 2.75) is 19.4 Å². The van der Waals surface area contributed by atoms with Crippen LogP contribution in [0.25, 0.3) is 0 Å². The lowest BCUT2D eigenvalue weighted by atomic mass is 10.1. The van der Waals surface area contributed by atoms with Crippen LogP contribution in [0.15, 0.2) is 18.2 Å². The number of rotatable bonds is 5. The number of hydrogen-bond donors (Lipinski definition) is 3. The van der Waals surface area contributed by atoms with Crippen LogP contribution in [0.3, 0.4) is 0 Å². The Labute approximate surface area is 105 Å². The Morgan fingerprint density at radius 2 is 2.22 bits per heavy atom. The van der Waals surface area contributed by atoms with Gasteiger partial charge in [0.25, 0.3) is 5.91 Å². The maximum atomic E-state index is 11.2. The van der Waals surface area contributed by atoms with Crippen LogP contribution in [0.2, 0.25) is 0 Å². The molecule has 1 unspecified atom stereocenters. The number of carboxylic acids is 1. The average Bonchev–Trinajstić information content (AvgIpc) is 2.28. The molecule has 0 heterocycles. The Morgan fingerprint density at radius 1 is 1.56 bits per heavy atom. The zero-order valence-corrected chi connectivity index (χ0v) is 9.93. The molecule has 0 aromatic heterocycles. The summed E-state index contributed by atoms with van der Waals surface area (Å²) in [5, 5.41) is 11.7. The normalized spacial score (nSPS) is 11.3. The molecule has 5 nitrogen and oxygen atoms in total. The van der Waals surface area contributed by atoms with Crippen LogP contribution in [0.1, 0.15) is 22.3 Å². The first-order valence-electron chi connectivity index (χ1n) is 5.29. The third-order valence-corrected chi connectivity index (χ3v) is 2.39. The third kappa shape index (κ3) is 3.25. The maximum absolute atomic E-state index is 11.2. The monoisotopic (exact) mass is 246 g/mol. The summed E-state index contributed by atoms with van der Waals surface area (Å²) in [4.78, 5) is 22.2. The van der Waals surface area contributed by atoms with Crippen molar-refractivity contribution < 1.29 is 14.7 Å². The molecule has 0 saturated heterocycles. The second kappa shape index (κ2) is 5.73. The van der Waals surface area contributed by atoms with Gasteiger partial charge in [0.2, 0.25) is 0 Å². The van der Waals surface area contributed by atoms with E-state index in [2.05, 4.69) is 11.2 Å². The van der Waals surface area contributed by atoms with Gasteiger partial charge in [-0.3, -0.25) is 4.79 Å². The van der Waals surface area contributed by atoms with E-state index in [-0.39, 0.29) is 12.0 Å². The van der Waals surface area contributed by atoms with Crippen LogP contribution in [-0.4, -0.2) is 23.0 Å². The van der Waals surface area contributed by atoms with E-state index in [0.717, 1.165) is 5.56 Å². The summed E-state index contributed by atoms with van der Waals surface area (Å²) in [5.74, 6) is 0.572. The fraction of sp³-hybridized carbons (Fsp3) is 0.231. The van der Waals surface area contributed by atoms with Crippen molar-refractivity contribution >= 4 is 17.6 Å². The van der Waals surface area contributed by atoms with Crippen molar-refractivity contribution in [3.05, 3.63) is 29.3 Å². The van der Waals surface area contributed by atoms with Crippen molar-refractivity contribution in [1.82, 2.24) is 0 Å². The van der Waals surface area contributed by atoms with Gasteiger partial charge in [-0.05, 0) is 24.6 Å². The van der Waals surface area contributed by atoms with Crippen molar-refractivity contribution in [1.29, 1.82) is 0 Å². The molecule has 18 heavy (non-hydrogen) atoms. The van der Waals surface area contributed by atoms with Crippen molar-refractivity contribution in [3.8, 4) is 12.3 Å². The fourth-order valence-corrected chi connectivity index (χ4v) is 1.50. The van der Waals surface area contributed by atoms with E-state index in [1.807, 2.05) is 6.92 Å². The third-order valence-electron chi connectivity index (χ3n) is 2.39. The molecule has 1 aromatic rings. The first-order chi connectivity index (χ1) is 8.45. The molecular formula is C13H14N2O3. The van der Waals surface area contributed by atoms with Gasteiger partial charge in [0, 0.05) is 12.1 Å². The number of primary amides is 1. The summed E-state index contributed by atoms with van der Waals surface area (Å²) in [7, 11) is 0. The zero-order valence-electron chi connectivity index (χ0n) is 9.93. The van der Waals surface area contributed by atoms with Crippen molar-refractivity contribution in [3.63, 3.8) is 0 Å². The molecule has 1 aromatic carbocycles. The van der Waals surface area contributed by atoms with E-state index in [1.165, 1.54) is 0 Å². The van der Waals surface area contributed by atoms with Gasteiger partial charge in [-0.15, -0.1) is 12.3 Å². The summed E-state index contributed by atoms with van der Waals surface area (Å²) in [5.41, 5.74) is 6.73. The summed E-state index contributed by atoms with van der Waals surface area (Å²) in [6.07, 6.45) is 5.12. The first-order valence-corrected chi connectivity index (χ1v) is 5.29. The second-order valence-corrected chi connectivity index (χ2v) is 3.86. The fourth-order valence-electron chi connectivity index (χ4n) is 1.50. The highest BCUT2D eigenvalue weighted by Crippen LogP contribution is 2.18. The number of anilines is 1. The lowest BCUT2D eigenvalue weighted by Crippen LogP contribution is -2.30. The average molecular weight is 246 g/mol. The summed E-state index contributed by atoms with van der Waals surface area (Å²) >= 11 is 0. The van der Waals surface area contributed by atoms with E-state index in [9.17, 15) is 9.59 Å². The van der Waals surface area contributed by atoms with Gasteiger partial charge in [-0.2, -0.15) is 0 Å². The molecule has 94 valence electrons. The molecule has 1 atom stereocenters. The quantitative estimate of drug-likeness (QED) is 0.675. The number of carbonyl (C=O) groups is 2. The number of carboxylic acid groups (broad SMARTS) is 1. The minimum atomic E-state index is -1.08. The van der Waals surface area contributed by atoms with Crippen LogP contribution in [0.4, 0.5) is 5.69 Å². The number of benzene rings is 1. The van der Waals surface area contributed by atoms with Gasteiger partial charge in [-0.1, -0.05) is 6.07 Å². The Morgan fingerprint density at radius 3 is 2.72 bits per heavy atom. The largest absolute Gasteiger partial charge is 0.480 e. The van der Waals surface area contributed by atoms with Crippen molar-refractivity contribution in [2.75, 3.05) is 5.32 Å². The Bertz CT molecular complexity index is 517. The Hall–Kier alpha value is -2.48. The van der Waals surface area contributed by atoms with Gasteiger partial charge < -0.3 is 16.2 Å². The first kappa shape index (κ1) is 13.6. The molecule has 5 heteroatoms. The van der Waals surface area contributed by atoms with Gasteiger partial charge >= 0.3 is 5.97 Å². The second-order valence-electron chi connectivity index (χ2n) is 3.86. The lowest BCUT2D eigenvalue weighted by molar-refractivity contribution is -0.137. The SMILES string of the molecule is C#CCC(Nc1cc(C)ccc1C(N)=O)C(=O)O. The van der Waals surface area contributed by atoms with E-state index < -0.39 is 17.9 Å². The van der Waals surface area contributed by atoms with E-state index in [1.54, 1.807) is 18.2 Å². The van der Waals surface area contributed by atoms with Crippen LogP contribution in [0, 0.1) is 19.3 Å². The minimum Gasteiger partial charge on any atom is -0.480 e. The number of terminal acetylenes is 1. The van der Waals surface area contributed by atoms with Crippen LogP contribution < -0.4 is 11.1 Å². The van der Waals surface area contributed by atoms with Crippen molar-refractivity contribution in [2.24, 2.45) is 5.73 Å². The lowest BCUT2D eigenvalue weighted by Gasteiger charge is -2.16. The summed E-state index contributed by atoms with van der Waals surface area (Å²) < 4.78 is 0. The van der Waals surface area contributed by atoms with E-state index >= 15 is 0 Å². The van der Waals surface area contributed by atoms with Crippen LogP contribution in [0.5, 0.6) is 0 Å². The molecule has 0 aliphatic rings. The zero-order chi connectivity index (χ0) is 13.7. The highest BCUT2D eigenvalue weighted by atomic mass is 16.4. The highest BCUT2D eigenvalue weighted by molar-refractivity contribution is 5.99. The molecule has 0 aliphatic carbocycles. The number of nitrogens with two attached hydrogens (primary N) is 1. The smallest absolute Gasteiger partial charge is 0.327 e. The Balaban J connectivity index is 3.08. The maximum Gasteiger partial charge on any atom is 0.327 e. The predicted molar refractivity (Wildman–Crippen MR) is 68.2 cm³/mol. The molecule has 1 amide bonds. The molecule has 0 aliphatic heterocycles. The number of nitrogens with one attached hydrogen (secondary N) is 1. The van der Waals surface area contributed by atoms with Gasteiger partial charge in [0.15, 0.2) is 0 Å². The number of amides is 1. The van der Waals surface area contributed by atoms with E-state index in [0.29, 0.717) is 5.69 Å². The summed E-state index contributed by atoms with van der Waals surface area (Å²) in [6.45, 7) is 1.83. The molecule has 4 N–H and O–H groups in total. The molecule has 0 spiro atoms. The molecule has 0 radical (unpaired) electrons. The molecule has 0 bridgehead atoms. The summed E-state index contributed by atoms with van der Waals surface area (Å²) in [6, 6.07) is 3.98. The van der Waals surface area contributed by atoms with Gasteiger partial charge in [0.05, 0.1) is 5.56 Å². The molecular weight excluding hydrogens is 232 g/mol. The predicted octanol–water partition coefficient (Wildman–Crippen LogP) is 0.982. The number of hydrogen-bond acceptors (Lipinski definition) is 3. The molecule has 0 saturated carbocycles. The van der Waals surface area contributed by atoms with Gasteiger partial charge in [-0.25, -0.2) is 4.79 Å². The minimum absolute atomic E-state index is 0.0154. The molecule has 1 rings (SSSR count). The topological polar surface area (TPSA) is 92.4 Å². The Kier molecular flexibility index (Phi) is 4.33. The van der Waals surface area contributed by atoms with Crippen LogP contribution >= 0.6 is 0 Å². The standard InChI is InChI=1S/C13H14N2O3/c1-3-4-10(13(17)18)15-11-7-8(2)5-6-9(11)12(14)16/h1,5-7,10,15H,4H2,2H3,(H2,14,16)(H,17,18). The number of aryl methyl sites for hydroxylation is 1. The van der Waals surface area contributed by atoms with Crippen LogP contribution in [-0.2, 0) is 4.79 Å². The number of carbonyl (C=O) groups excluding carboxylic acids is 1. The molecule has 0 fully saturated rings. The number of aliphatic carboxylic acids is 1. The van der Waals surface area contributed by atoms with Gasteiger partial charge in [0.1, 0.15) is 6.04 Å². The van der Waals surface area contributed by atoms with E-state index in [4.69, 9.17) is 17.3 Å².